The molecule has 1 N–H and O–H groups in total. The van der Waals surface area contributed by atoms with Crippen molar-refractivity contribution in [2.45, 2.75) is 24.3 Å². The molecule has 2 unspecified atom stereocenters. The lowest BCUT2D eigenvalue weighted by atomic mass is 10.0. The van der Waals surface area contributed by atoms with Crippen LogP contribution in [0.5, 0.6) is 0 Å². The summed E-state index contributed by atoms with van der Waals surface area (Å²) < 4.78 is 52.6. The molecule has 0 radical (unpaired) electrons. The van der Waals surface area contributed by atoms with Crippen LogP contribution >= 0.6 is 0 Å². The molecular weight excluding hydrogens is 276 g/mol. The van der Waals surface area contributed by atoms with Gasteiger partial charge in [0.15, 0.2) is 4.90 Å². The Kier molecular flexibility index (Phi) is 3.89. The first-order valence-electron chi connectivity index (χ1n) is 5.96. The largest absolute Gasteiger partial charge is 0.393 e. The average Bonchev–Trinajstić information content (AvgIpc) is 2.78. The van der Waals surface area contributed by atoms with E-state index in [4.69, 9.17) is 0 Å². The van der Waals surface area contributed by atoms with E-state index < -0.39 is 32.7 Å². The van der Waals surface area contributed by atoms with Crippen molar-refractivity contribution in [2.24, 2.45) is 5.92 Å². The molecule has 4 nitrogen and oxygen atoms in total. The van der Waals surface area contributed by atoms with Crippen molar-refractivity contribution < 1.29 is 22.3 Å². The molecule has 1 heterocycles. The molecule has 1 aromatic rings. The van der Waals surface area contributed by atoms with Crippen LogP contribution in [0.25, 0.3) is 0 Å². The van der Waals surface area contributed by atoms with E-state index in [1.165, 1.54) is 0 Å². The van der Waals surface area contributed by atoms with E-state index >= 15 is 0 Å². The molecule has 1 saturated heterocycles. The van der Waals surface area contributed by atoms with Gasteiger partial charge >= 0.3 is 0 Å². The molecule has 0 amide bonds. The van der Waals surface area contributed by atoms with Crippen molar-refractivity contribution in [1.82, 2.24) is 4.31 Å². The number of hydrogen-bond acceptors (Lipinski definition) is 3. The summed E-state index contributed by atoms with van der Waals surface area (Å²) in [5.41, 5.74) is 0. The molecule has 0 saturated carbocycles. The van der Waals surface area contributed by atoms with Gasteiger partial charge < -0.3 is 5.11 Å². The molecule has 1 fully saturated rings. The first-order chi connectivity index (χ1) is 8.84. The number of rotatable bonds is 3. The third-order valence-corrected chi connectivity index (χ3v) is 5.30. The Morgan fingerprint density at radius 1 is 1.37 bits per heavy atom. The molecule has 0 bridgehead atoms. The minimum absolute atomic E-state index is 0.0772. The second kappa shape index (κ2) is 5.15. The van der Waals surface area contributed by atoms with Gasteiger partial charge in [0.1, 0.15) is 11.6 Å². The average molecular weight is 291 g/mol. The van der Waals surface area contributed by atoms with Crippen LogP contribution in [0.2, 0.25) is 0 Å². The fourth-order valence-electron chi connectivity index (χ4n) is 2.22. The lowest BCUT2D eigenvalue weighted by Crippen LogP contribution is -2.31. The molecule has 0 aliphatic carbocycles. The molecule has 19 heavy (non-hydrogen) atoms. The molecule has 106 valence electrons. The van der Waals surface area contributed by atoms with Gasteiger partial charge in [-0.1, -0.05) is 6.07 Å². The van der Waals surface area contributed by atoms with Crippen LogP contribution in [0.15, 0.2) is 23.1 Å². The van der Waals surface area contributed by atoms with E-state index in [0.29, 0.717) is 6.42 Å². The minimum atomic E-state index is -4.19. The standard InChI is InChI=1S/C12H15F2NO3S/c1-8(16)9-5-6-15(7-9)19(17,18)12-10(13)3-2-4-11(12)14/h2-4,8-9,16H,5-7H2,1H3. The summed E-state index contributed by atoms with van der Waals surface area (Å²) in [5.74, 6) is -2.40. The van der Waals surface area contributed by atoms with Gasteiger partial charge in [-0.05, 0) is 31.4 Å². The predicted octanol–water partition coefficient (Wildman–Crippen LogP) is 1.36. The molecule has 1 aromatic carbocycles. The van der Waals surface area contributed by atoms with Gasteiger partial charge in [-0.25, -0.2) is 17.2 Å². The smallest absolute Gasteiger partial charge is 0.248 e. The highest BCUT2D eigenvalue weighted by atomic mass is 32.2. The van der Waals surface area contributed by atoms with Gasteiger partial charge in [0.05, 0.1) is 6.10 Å². The lowest BCUT2D eigenvalue weighted by molar-refractivity contribution is 0.133. The highest BCUT2D eigenvalue weighted by molar-refractivity contribution is 7.89. The van der Waals surface area contributed by atoms with Crippen molar-refractivity contribution in [3.63, 3.8) is 0 Å². The van der Waals surface area contributed by atoms with Crippen molar-refractivity contribution in [3.8, 4) is 0 Å². The summed E-state index contributed by atoms with van der Waals surface area (Å²) in [6.45, 7) is 1.81. The van der Waals surface area contributed by atoms with Crippen LogP contribution in [0.4, 0.5) is 8.78 Å². The zero-order valence-corrected chi connectivity index (χ0v) is 11.2. The quantitative estimate of drug-likeness (QED) is 0.914. The third kappa shape index (κ3) is 2.63. The number of nitrogens with zero attached hydrogens (tertiary/aromatic N) is 1. The summed E-state index contributed by atoms with van der Waals surface area (Å²) in [7, 11) is -4.19. The first-order valence-corrected chi connectivity index (χ1v) is 7.40. The number of aliphatic hydroxyl groups excluding tert-OH is 1. The monoisotopic (exact) mass is 291 g/mol. The third-order valence-electron chi connectivity index (χ3n) is 3.39. The molecule has 2 rings (SSSR count). The topological polar surface area (TPSA) is 57.6 Å². The maximum atomic E-state index is 13.6. The lowest BCUT2D eigenvalue weighted by Gasteiger charge is -2.18. The molecule has 1 aliphatic heterocycles. The summed E-state index contributed by atoms with van der Waals surface area (Å²) in [5, 5.41) is 9.45. The fourth-order valence-corrected chi connectivity index (χ4v) is 3.84. The first kappa shape index (κ1) is 14.4. The van der Waals surface area contributed by atoms with Crippen LogP contribution in [0, 0.1) is 17.6 Å². The SMILES string of the molecule is CC(O)C1CCN(S(=O)(=O)c2c(F)cccc2F)C1. The van der Waals surface area contributed by atoms with E-state index in [-0.39, 0.29) is 19.0 Å². The zero-order valence-electron chi connectivity index (χ0n) is 10.4. The molecule has 7 heteroatoms. The fraction of sp³-hybridized carbons (Fsp3) is 0.500. The van der Waals surface area contributed by atoms with Crippen molar-refractivity contribution in [3.05, 3.63) is 29.8 Å². The van der Waals surface area contributed by atoms with Gasteiger partial charge in [-0.3, -0.25) is 0 Å². The molecule has 1 aliphatic rings. The highest BCUT2D eigenvalue weighted by Gasteiger charge is 2.37. The molecule has 0 aromatic heterocycles. The second-order valence-electron chi connectivity index (χ2n) is 4.70. The van der Waals surface area contributed by atoms with Gasteiger partial charge in [0, 0.05) is 13.1 Å². The van der Waals surface area contributed by atoms with Crippen molar-refractivity contribution >= 4 is 10.0 Å². The number of aliphatic hydroxyl groups is 1. The number of sulfonamides is 1. The summed E-state index contributed by atoms with van der Waals surface area (Å²) in [4.78, 5) is -0.916. The van der Waals surface area contributed by atoms with Gasteiger partial charge in [0.2, 0.25) is 10.0 Å². The number of halogens is 2. The van der Waals surface area contributed by atoms with Gasteiger partial charge in [-0.2, -0.15) is 4.31 Å². The maximum Gasteiger partial charge on any atom is 0.248 e. The number of hydrogen-bond donors (Lipinski definition) is 1. The van der Waals surface area contributed by atoms with Crippen LogP contribution < -0.4 is 0 Å². The van der Waals surface area contributed by atoms with Crippen LogP contribution in [0.1, 0.15) is 13.3 Å². The Bertz CT molecular complexity index is 554. The Hall–Kier alpha value is -1.05. The molecule has 0 spiro atoms. The molecule has 2 atom stereocenters. The van der Waals surface area contributed by atoms with E-state index in [0.717, 1.165) is 22.5 Å². The Morgan fingerprint density at radius 2 is 1.95 bits per heavy atom. The summed E-state index contributed by atoms with van der Waals surface area (Å²) in [6.07, 6.45) is -0.168. The second-order valence-corrected chi connectivity index (χ2v) is 6.58. The predicted molar refractivity (Wildman–Crippen MR) is 64.9 cm³/mol. The van der Waals surface area contributed by atoms with Crippen LogP contribution in [-0.4, -0.2) is 37.0 Å². The Balaban J connectivity index is 2.34. The van der Waals surface area contributed by atoms with E-state index in [9.17, 15) is 22.3 Å². The van der Waals surface area contributed by atoms with Crippen LogP contribution in [0.3, 0.4) is 0 Å². The van der Waals surface area contributed by atoms with Gasteiger partial charge in [0.25, 0.3) is 0 Å². The normalized spacial score (nSPS) is 22.6. The van der Waals surface area contributed by atoms with Gasteiger partial charge in [-0.15, -0.1) is 0 Å². The zero-order chi connectivity index (χ0) is 14.2. The summed E-state index contributed by atoms with van der Waals surface area (Å²) >= 11 is 0. The van der Waals surface area contributed by atoms with E-state index in [2.05, 4.69) is 0 Å². The summed E-state index contributed by atoms with van der Waals surface area (Å²) in [6, 6.07) is 2.95. The Morgan fingerprint density at radius 3 is 2.42 bits per heavy atom. The highest BCUT2D eigenvalue weighted by Crippen LogP contribution is 2.28. The van der Waals surface area contributed by atoms with E-state index in [1.807, 2.05) is 0 Å². The van der Waals surface area contributed by atoms with Crippen molar-refractivity contribution in [2.75, 3.05) is 13.1 Å². The van der Waals surface area contributed by atoms with E-state index in [1.54, 1.807) is 6.92 Å². The van der Waals surface area contributed by atoms with Crippen molar-refractivity contribution in [1.29, 1.82) is 0 Å². The Labute approximate surface area is 110 Å². The van der Waals surface area contributed by atoms with Crippen LogP contribution in [-0.2, 0) is 10.0 Å². The number of benzene rings is 1. The maximum absolute atomic E-state index is 13.6. The molecular formula is C12H15F2NO3S. The minimum Gasteiger partial charge on any atom is -0.393 e.